The molecule has 8 heteroatoms. The fourth-order valence-electron chi connectivity index (χ4n) is 3.10. The second-order valence-electron chi connectivity index (χ2n) is 6.34. The van der Waals surface area contributed by atoms with Gasteiger partial charge in [-0.2, -0.15) is 11.8 Å². The van der Waals surface area contributed by atoms with Crippen LogP contribution in [-0.2, 0) is 11.3 Å². The zero-order chi connectivity index (χ0) is 16.3. The van der Waals surface area contributed by atoms with E-state index in [1.807, 2.05) is 28.2 Å². The normalized spacial score (nSPS) is 28.1. The first-order chi connectivity index (χ1) is 11.1. The van der Waals surface area contributed by atoms with E-state index >= 15 is 0 Å². The van der Waals surface area contributed by atoms with Crippen LogP contribution in [0.4, 0.5) is 4.79 Å². The molecule has 128 valence electrons. The van der Waals surface area contributed by atoms with Crippen LogP contribution in [0.5, 0.6) is 0 Å². The average molecular weight is 339 g/mol. The van der Waals surface area contributed by atoms with Crippen molar-refractivity contribution in [2.45, 2.75) is 44.1 Å². The molecule has 0 aromatic carbocycles. The van der Waals surface area contributed by atoms with Gasteiger partial charge in [0.05, 0.1) is 13.2 Å². The predicted octanol–water partition coefficient (Wildman–Crippen LogP) is 1.67. The van der Waals surface area contributed by atoms with Crippen molar-refractivity contribution in [3.05, 3.63) is 12.2 Å². The van der Waals surface area contributed by atoms with E-state index in [9.17, 15) is 4.79 Å². The molecule has 1 aromatic heterocycles. The van der Waals surface area contributed by atoms with Gasteiger partial charge in [-0.3, -0.25) is 0 Å². The Morgan fingerprint density at radius 1 is 1.61 bits per heavy atom. The molecule has 0 saturated carbocycles. The summed E-state index contributed by atoms with van der Waals surface area (Å²) < 4.78 is 7.94. The molecule has 2 aliphatic rings. The van der Waals surface area contributed by atoms with Gasteiger partial charge < -0.3 is 19.5 Å². The van der Waals surface area contributed by atoms with Crippen LogP contribution in [-0.4, -0.2) is 62.4 Å². The van der Waals surface area contributed by atoms with E-state index in [1.165, 1.54) is 18.6 Å². The summed E-state index contributed by atoms with van der Waals surface area (Å²) in [6.45, 7) is 7.46. The molecule has 23 heavy (non-hydrogen) atoms. The lowest BCUT2D eigenvalue weighted by Gasteiger charge is -2.33. The molecule has 0 bridgehead atoms. The predicted molar refractivity (Wildman–Crippen MR) is 89.5 cm³/mol. The maximum atomic E-state index is 12.5. The Kier molecular flexibility index (Phi) is 5.11. The van der Waals surface area contributed by atoms with Crippen LogP contribution in [0.1, 0.15) is 38.6 Å². The number of aromatic nitrogens is 3. The summed E-state index contributed by atoms with van der Waals surface area (Å²) in [5.74, 6) is 1.99. The molecule has 1 N–H and O–H groups in total. The minimum Gasteiger partial charge on any atom is -0.366 e. The van der Waals surface area contributed by atoms with E-state index in [0.29, 0.717) is 19.7 Å². The summed E-state index contributed by atoms with van der Waals surface area (Å²) in [5.41, 5.74) is 0. The third kappa shape index (κ3) is 3.80. The number of hydrogen-bond donors (Lipinski definition) is 1. The monoisotopic (exact) mass is 339 g/mol. The quantitative estimate of drug-likeness (QED) is 0.903. The van der Waals surface area contributed by atoms with Gasteiger partial charge in [0, 0.05) is 24.4 Å². The Morgan fingerprint density at radius 2 is 2.48 bits per heavy atom. The highest BCUT2D eigenvalue weighted by Gasteiger charge is 2.32. The van der Waals surface area contributed by atoms with Crippen LogP contribution in [0, 0.1) is 0 Å². The van der Waals surface area contributed by atoms with Crippen molar-refractivity contribution in [3.63, 3.8) is 0 Å². The van der Waals surface area contributed by atoms with Crippen LogP contribution in [0.2, 0.25) is 0 Å². The van der Waals surface area contributed by atoms with Crippen molar-refractivity contribution in [2.24, 2.45) is 0 Å². The molecule has 1 aromatic rings. The highest BCUT2D eigenvalue weighted by Crippen LogP contribution is 2.37. The number of nitrogens with zero attached hydrogens (tertiary/aromatic N) is 4. The highest BCUT2D eigenvalue weighted by atomic mass is 32.2. The zero-order valence-electron chi connectivity index (χ0n) is 13.8. The Labute approximate surface area is 141 Å². The van der Waals surface area contributed by atoms with Crippen LogP contribution < -0.4 is 5.32 Å². The molecule has 0 spiro atoms. The molecule has 3 rings (SSSR count). The first-order valence-corrected chi connectivity index (χ1v) is 9.26. The lowest BCUT2D eigenvalue weighted by atomic mass is 10.1. The Balaban J connectivity index is 1.56. The number of amides is 2. The summed E-state index contributed by atoms with van der Waals surface area (Å²) in [7, 11) is 0. The van der Waals surface area contributed by atoms with Crippen LogP contribution in [0.25, 0.3) is 0 Å². The molecule has 7 nitrogen and oxygen atoms in total. The van der Waals surface area contributed by atoms with E-state index in [-0.39, 0.29) is 16.9 Å². The lowest BCUT2D eigenvalue weighted by Crippen LogP contribution is -2.49. The van der Waals surface area contributed by atoms with Gasteiger partial charge in [-0.25, -0.2) is 4.79 Å². The number of rotatable bonds is 4. The summed E-state index contributed by atoms with van der Waals surface area (Å²) in [6, 6.07) is -0.00501. The number of nitrogens with one attached hydrogen (secondary N) is 1. The maximum Gasteiger partial charge on any atom is 0.317 e. The molecular formula is C15H25N5O2S. The summed E-state index contributed by atoms with van der Waals surface area (Å²) in [5, 5.41) is 11.2. The van der Waals surface area contributed by atoms with E-state index in [2.05, 4.69) is 22.4 Å². The molecule has 2 aliphatic heterocycles. The number of carbonyl (C=O) groups is 1. The first kappa shape index (κ1) is 16.6. The number of thioether (sulfide) groups is 1. The number of carbonyl (C=O) groups excluding carboxylic acids is 1. The van der Waals surface area contributed by atoms with Gasteiger partial charge in [-0.05, 0) is 32.4 Å². The fourth-order valence-corrected chi connectivity index (χ4v) is 4.34. The number of hydrogen-bond acceptors (Lipinski definition) is 5. The van der Waals surface area contributed by atoms with Crippen molar-refractivity contribution in [1.82, 2.24) is 25.0 Å². The molecule has 2 saturated heterocycles. The molecular weight excluding hydrogens is 314 g/mol. The molecule has 2 fully saturated rings. The SMILES string of the molecule is CCn1cnnc1[C@H]1CN(C(=O)NC[C@@]2(C)CCCS2)CCO1. The number of aryl methyl sites for hydroxylation is 1. The average Bonchev–Trinajstić information content (AvgIpc) is 3.22. The van der Waals surface area contributed by atoms with E-state index in [0.717, 1.165) is 18.9 Å². The van der Waals surface area contributed by atoms with Gasteiger partial charge in [0.1, 0.15) is 12.4 Å². The molecule has 0 aliphatic carbocycles. The van der Waals surface area contributed by atoms with Crippen LogP contribution in [0.3, 0.4) is 0 Å². The second-order valence-corrected chi connectivity index (χ2v) is 8.02. The minimum atomic E-state index is -0.201. The van der Waals surface area contributed by atoms with Gasteiger partial charge in [-0.15, -0.1) is 10.2 Å². The third-order valence-electron chi connectivity index (χ3n) is 4.54. The second kappa shape index (κ2) is 7.09. The van der Waals surface area contributed by atoms with E-state index < -0.39 is 0 Å². The standard InChI is InChI=1S/C15H25N5O2S/c1-3-19-11-17-18-13(19)12-9-20(6-7-22-12)14(21)16-10-15(2)5-4-8-23-15/h11-12H,3-10H2,1-2H3,(H,16,21)/t12-,15-/m1/s1. The molecule has 3 heterocycles. The van der Waals surface area contributed by atoms with Gasteiger partial charge in [-0.1, -0.05) is 0 Å². The lowest BCUT2D eigenvalue weighted by molar-refractivity contribution is -0.0218. The molecule has 2 atom stereocenters. The van der Waals surface area contributed by atoms with Crippen LogP contribution in [0.15, 0.2) is 6.33 Å². The number of ether oxygens (including phenoxy) is 1. The largest absolute Gasteiger partial charge is 0.366 e. The number of urea groups is 1. The van der Waals surface area contributed by atoms with Crippen molar-refractivity contribution in [3.8, 4) is 0 Å². The Bertz CT molecular complexity index is 544. The van der Waals surface area contributed by atoms with Crippen molar-refractivity contribution < 1.29 is 9.53 Å². The maximum absolute atomic E-state index is 12.5. The van der Waals surface area contributed by atoms with Crippen molar-refractivity contribution in [1.29, 1.82) is 0 Å². The summed E-state index contributed by atoms with van der Waals surface area (Å²) in [4.78, 5) is 14.3. The fraction of sp³-hybridized carbons (Fsp3) is 0.800. The van der Waals surface area contributed by atoms with E-state index in [1.54, 1.807) is 6.33 Å². The molecule has 0 radical (unpaired) electrons. The van der Waals surface area contributed by atoms with Crippen molar-refractivity contribution in [2.75, 3.05) is 32.0 Å². The van der Waals surface area contributed by atoms with Gasteiger partial charge >= 0.3 is 6.03 Å². The van der Waals surface area contributed by atoms with Crippen molar-refractivity contribution >= 4 is 17.8 Å². The highest BCUT2D eigenvalue weighted by molar-refractivity contribution is 8.00. The van der Waals surface area contributed by atoms with Gasteiger partial charge in [0.15, 0.2) is 5.82 Å². The first-order valence-electron chi connectivity index (χ1n) is 8.27. The minimum absolute atomic E-state index is 0.00501. The van der Waals surface area contributed by atoms with Gasteiger partial charge in [0.2, 0.25) is 0 Å². The summed E-state index contributed by atoms with van der Waals surface area (Å²) >= 11 is 1.96. The van der Waals surface area contributed by atoms with Crippen LogP contribution >= 0.6 is 11.8 Å². The topological polar surface area (TPSA) is 72.3 Å². The summed E-state index contributed by atoms with van der Waals surface area (Å²) in [6.07, 6.45) is 3.91. The molecule has 2 amide bonds. The smallest absolute Gasteiger partial charge is 0.317 e. The Hall–Kier alpha value is -1.28. The Morgan fingerprint density at radius 3 is 3.22 bits per heavy atom. The zero-order valence-corrected chi connectivity index (χ0v) is 14.6. The number of morpholine rings is 1. The van der Waals surface area contributed by atoms with Gasteiger partial charge in [0.25, 0.3) is 0 Å². The third-order valence-corrected chi connectivity index (χ3v) is 6.08. The molecule has 0 unspecified atom stereocenters. The van der Waals surface area contributed by atoms with E-state index in [4.69, 9.17) is 4.74 Å².